The Morgan fingerprint density at radius 3 is 2.26 bits per heavy atom. The van der Waals surface area contributed by atoms with Gasteiger partial charge in [-0.3, -0.25) is 4.79 Å². The Kier molecular flexibility index (Phi) is 7.95. The van der Waals surface area contributed by atoms with Crippen LogP contribution in [0.5, 0.6) is 0 Å². The summed E-state index contributed by atoms with van der Waals surface area (Å²) in [7, 11) is 0. The number of carbonyl (C=O) groups is 1. The van der Waals surface area contributed by atoms with E-state index in [0.29, 0.717) is 0 Å². The molecule has 2 rings (SSSR count). The fourth-order valence-electron chi connectivity index (χ4n) is 2.38. The first-order valence-electron chi connectivity index (χ1n) is 7.44. The Bertz CT molecular complexity index is 340. The zero-order valence-corrected chi connectivity index (χ0v) is 12.0. The van der Waals surface area contributed by atoms with Crippen molar-refractivity contribution < 1.29 is 9.90 Å². The minimum Gasteiger partial charge on any atom is -0.481 e. The molecule has 0 bridgehead atoms. The molecule has 106 valence electrons. The van der Waals surface area contributed by atoms with Gasteiger partial charge in [0.1, 0.15) is 0 Å². The summed E-state index contributed by atoms with van der Waals surface area (Å²) in [5.41, 5.74) is 1.29. The lowest BCUT2D eigenvalue weighted by molar-refractivity contribution is -0.137. The van der Waals surface area contributed by atoms with E-state index in [0.717, 1.165) is 25.2 Å². The molecule has 0 unspecified atom stereocenters. The zero-order valence-electron chi connectivity index (χ0n) is 12.0. The molecule has 1 aliphatic carbocycles. The maximum absolute atomic E-state index is 10.2. The summed E-state index contributed by atoms with van der Waals surface area (Å²) in [6, 6.07) is 10.1. The summed E-state index contributed by atoms with van der Waals surface area (Å²) >= 11 is 0. The van der Waals surface area contributed by atoms with Crippen molar-refractivity contribution in [1.82, 2.24) is 0 Å². The molecule has 0 radical (unpaired) electrons. The molecule has 0 amide bonds. The third-order valence-electron chi connectivity index (χ3n) is 3.59. The van der Waals surface area contributed by atoms with Crippen molar-refractivity contribution >= 4 is 5.97 Å². The summed E-state index contributed by atoms with van der Waals surface area (Å²) < 4.78 is 0. The predicted octanol–water partition coefficient (Wildman–Crippen LogP) is 4.68. The van der Waals surface area contributed by atoms with E-state index in [-0.39, 0.29) is 6.42 Å². The van der Waals surface area contributed by atoms with Gasteiger partial charge in [0, 0.05) is 6.42 Å². The molecule has 2 heteroatoms. The molecular formula is C17H26O2. The van der Waals surface area contributed by atoms with Crippen molar-refractivity contribution in [2.24, 2.45) is 5.92 Å². The topological polar surface area (TPSA) is 37.3 Å². The molecule has 1 aliphatic rings. The van der Waals surface area contributed by atoms with Crippen molar-refractivity contribution in [2.75, 3.05) is 0 Å². The molecule has 0 aliphatic heterocycles. The van der Waals surface area contributed by atoms with Gasteiger partial charge in [-0.15, -0.1) is 0 Å². The smallest absolute Gasteiger partial charge is 0.303 e. The third kappa shape index (κ3) is 8.41. The van der Waals surface area contributed by atoms with E-state index in [2.05, 4.69) is 19.1 Å². The number of rotatable bonds is 5. The highest BCUT2D eigenvalue weighted by molar-refractivity contribution is 5.66. The van der Waals surface area contributed by atoms with Gasteiger partial charge < -0.3 is 5.11 Å². The van der Waals surface area contributed by atoms with Gasteiger partial charge in [0.2, 0.25) is 0 Å². The molecule has 1 aromatic rings. The quantitative estimate of drug-likeness (QED) is 0.782. The normalized spacial score (nSPS) is 14.8. The van der Waals surface area contributed by atoms with Gasteiger partial charge >= 0.3 is 5.97 Å². The van der Waals surface area contributed by atoms with Crippen LogP contribution in [0.15, 0.2) is 30.3 Å². The summed E-state index contributed by atoms with van der Waals surface area (Å²) in [5.74, 6) is 0.345. The number of benzene rings is 1. The van der Waals surface area contributed by atoms with Gasteiger partial charge in [0.15, 0.2) is 0 Å². The number of hydrogen-bond donors (Lipinski definition) is 1. The fourth-order valence-corrected chi connectivity index (χ4v) is 2.38. The molecule has 1 fully saturated rings. The van der Waals surface area contributed by atoms with E-state index in [1.54, 1.807) is 0 Å². The SMILES string of the molecule is CC1CCCC1.O=C(O)CCCCc1ccccc1. The van der Waals surface area contributed by atoms with Crippen molar-refractivity contribution in [2.45, 2.75) is 58.3 Å². The lowest BCUT2D eigenvalue weighted by Gasteiger charge is -1.98. The van der Waals surface area contributed by atoms with Crippen LogP contribution >= 0.6 is 0 Å². The number of carboxylic acid groups (broad SMARTS) is 1. The van der Waals surface area contributed by atoms with Crippen LogP contribution in [0.25, 0.3) is 0 Å². The van der Waals surface area contributed by atoms with Crippen LogP contribution in [0.2, 0.25) is 0 Å². The summed E-state index contributed by atoms with van der Waals surface area (Å²) in [6.07, 6.45) is 8.93. The van der Waals surface area contributed by atoms with Crippen LogP contribution in [0.4, 0.5) is 0 Å². The maximum Gasteiger partial charge on any atom is 0.303 e. The molecule has 1 N–H and O–H groups in total. The van der Waals surface area contributed by atoms with Crippen LogP contribution < -0.4 is 0 Å². The van der Waals surface area contributed by atoms with E-state index in [1.165, 1.54) is 31.2 Å². The minimum absolute atomic E-state index is 0.285. The first-order valence-corrected chi connectivity index (χ1v) is 7.44. The summed E-state index contributed by atoms with van der Waals surface area (Å²) in [6.45, 7) is 2.34. The first kappa shape index (κ1) is 15.7. The van der Waals surface area contributed by atoms with Crippen molar-refractivity contribution in [3.63, 3.8) is 0 Å². The zero-order chi connectivity index (χ0) is 13.9. The Balaban J connectivity index is 0.000000250. The highest BCUT2D eigenvalue weighted by Gasteiger charge is 2.07. The van der Waals surface area contributed by atoms with Crippen molar-refractivity contribution in [3.8, 4) is 0 Å². The van der Waals surface area contributed by atoms with Gasteiger partial charge in [-0.05, 0) is 30.7 Å². The second kappa shape index (κ2) is 9.60. The number of unbranched alkanes of at least 4 members (excludes halogenated alkanes) is 1. The van der Waals surface area contributed by atoms with Crippen molar-refractivity contribution in [1.29, 1.82) is 0 Å². The Labute approximate surface area is 116 Å². The first-order chi connectivity index (χ1) is 9.18. The molecular weight excluding hydrogens is 236 g/mol. The second-order valence-electron chi connectivity index (χ2n) is 5.48. The molecule has 0 aromatic heterocycles. The molecule has 0 atom stereocenters. The fraction of sp³-hybridized carbons (Fsp3) is 0.588. The average Bonchev–Trinajstić information content (AvgIpc) is 2.88. The molecule has 1 aromatic carbocycles. The number of aliphatic carboxylic acids is 1. The monoisotopic (exact) mass is 262 g/mol. The molecule has 0 spiro atoms. The van der Waals surface area contributed by atoms with Crippen molar-refractivity contribution in [3.05, 3.63) is 35.9 Å². The van der Waals surface area contributed by atoms with Crippen LogP contribution in [0, 0.1) is 5.92 Å². The Hall–Kier alpha value is -1.31. The lowest BCUT2D eigenvalue weighted by atomic mass is 10.1. The molecule has 0 saturated heterocycles. The third-order valence-corrected chi connectivity index (χ3v) is 3.59. The second-order valence-corrected chi connectivity index (χ2v) is 5.48. The van der Waals surface area contributed by atoms with E-state index in [9.17, 15) is 4.79 Å². The highest BCUT2D eigenvalue weighted by atomic mass is 16.4. The molecule has 19 heavy (non-hydrogen) atoms. The maximum atomic E-state index is 10.2. The van der Waals surface area contributed by atoms with Gasteiger partial charge in [-0.1, -0.05) is 62.9 Å². The Morgan fingerprint density at radius 2 is 1.79 bits per heavy atom. The number of hydrogen-bond acceptors (Lipinski definition) is 1. The lowest BCUT2D eigenvalue weighted by Crippen LogP contribution is -1.94. The average molecular weight is 262 g/mol. The van der Waals surface area contributed by atoms with Crippen LogP contribution in [0.3, 0.4) is 0 Å². The van der Waals surface area contributed by atoms with Gasteiger partial charge in [-0.25, -0.2) is 0 Å². The van der Waals surface area contributed by atoms with Crippen LogP contribution in [-0.2, 0) is 11.2 Å². The number of aryl methyl sites for hydroxylation is 1. The summed E-state index contributed by atoms with van der Waals surface area (Å²) in [4.78, 5) is 10.2. The van der Waals surface area contributed by atoms with E-state index in [1.807, 2.05) is 18.2 Å². The largest absolute Gasteiger partial charge is 0.481 e. The molecule has 1 saturated carbocycles. The molecule has 2 nitrogen and oxygen atoms in total. The van der Waals surface area contributed by atoms with Gasteiger partial charge in [0.05, 0.1) is 0 Å². The van der Waals surface area contributed by atoms with E-state index >= 15 is 0 Å². The molecule has 0 heterocycles. The van der Waals surface area contributed by atoms with E-state index in [4.69, 9.17) is 5.11 Å². The van der Waals surface area contributed by atoms with Gasteiger partial charge in [-0.2, -0.15) is 0 Å². The Morgan fingerprint density at radius 1 is 1.16 bits per heavy atom. The standard InChI is InChI=1S/C11H14O2.C6H12/c12-11(13)9-5-4-8-10-6-2-1-3-7-10;1-6-4-2-3-5-6/h1-3,6-7H,4-5,8-9H2,(H,12,13);6H,2-5H2,1H3. The van der Waals surface area contributed by atoms with Crippen LogP contribution in [0.1, 0.15) is 57.4 Å². The van der Waals surface area contributed by atoms with Gasteiger partial charge in [0.25, 0.3) is 0 Å². The minimum atomic E-state index is -0.701. The van der Waals surface area contributed by atoms with Crippen LogP contribution in [-0.4, -0.2) is 11.1 Å². The predicted molar refractivity (Wildman–Crippen MR) is 79.3 cm³/mol. The van der Waals surface area contributed by atoms with E-state index < -0.39 is 5.97 Å². The number of carboxylic acids is 1. The highest BCUT2D eigenvalue weighted by Crippen LogP contribution is 2.22. The summed E-state index contributed by atoms with van der Waals surface area (Å²) in [5, 5.41) is 8.41.